The van der Waals surface area contributed by atoms with Crippen LogP contribution in [0.25, 0.3) is 0 Å². The van der Waals surface area contributed by atoms with E-state index < -0.39 is 0 Å². The molecule has 1 unspecified atom stereocenters. The monoisotopic (exact) mass is 336 g/mol. The van der Waals surface area contributed by atoms with Crippen LogP contribution >= 0.6 is 0 Å². The van der Waals surface area contributed by atoms with E-state index in [1.54, 1.807) is 0 Å². The summed E-state index contributed by atoms with van der Waals surface area (Å²) in [4.78, 5) is 7.05. The maximum absolute atomic E-state index is 5.92. The van der Waals surface area contributed by atoms with Crippen LogP contribution in [0.5, 0.6) is 0 Å². The smallest absolute Gasteiger partial charge is 0.194 e. The van der Waals surface area contributed by atoms with Gasteiger partial charge in [-0.15, -0.1) is 0 Å². The predicted octanol–water partition coefficient (Wildman–Crippen LogP) is 1.15. The van der Waals surface area contributed by atoms with Gasteiger partial charge in [0.15, 0.2) is 5.96 Å². The first-order chi connectivity index (χ1) is 11.4. The number of ether oxygens (including phenoxy) is 1. The summed E-state index contributed by atoms with van der Waals surface area (Å²) < 4.78 is 7.73. The largest absolute Gasteiger partial charge is 0.370 e. The van der Waals surface area contributed by atoms with E-state index in [4.69, 9.17) is 9.73 Å². The minimum atomic E-state index is 0.0454. The highest BCUT2D eigenvalue weighted by atomic mass is 16.5. The maximum atomic E-state index is 5.92. The van der Waals surface area contributed by atoms with Crippen LogP contribution in [-0.2, 0) is 11.8 Å². The van der Waals surface area contributed by atoms with E-state index in [9.17, 15) is 0 Å². The number of guanidine groups is 1. The molecular weight excluding hydrogens is 304 g/mol. The minimum Gasteiger partial charge on any atom is -0.370 e. The lowest BCUT2D eigenvalue weighted by Gasteiger charge is -2.34. The molecular formula is C17H32N6O. The highest BCUT2D eigenvalue weighted by Gasteiger charge is 2.25. The summed E-state index contributed by atoms with van der Waals surface area (Å²) in [6.07, 6.45) is 3.95. The molecule has 0 amide bonds. The van der Waals surface area contributed by atoms with E-state index in [0.29, 0.717) is 6.61 Å². The van der Waals surface area contributed by atoms with E-state index in [1.807, 2.05) is 24.1 Å². The zero-order chi connectivity index (χ0) is 17.6. The third kappa shape index (κ3) is 5.79. The number of rotatable bonds is 5. The summed E-state index contributed by atoms with van der Waals surface area (Å²) in [6, 6.07) is 0. The molecule has 0 aliphatic carbocycles. The van der Waals surface area contributed by atoms with Crippen molar-refractivity contribution >= 4 is 5.96 Å². The first-order valence-electron chi connectivity index (χ1n) is 8.77. The molecule has 136 valence electrons. The quantitative estimate of drug-likeness (QED) is 0.480. The molecule has 2 heterocycles. The van der Waals surface area contributed by atoms with E-state index in [-0.39, 0.29) is 11.6 Å². The summed E-state index contributed by atoms with van der Waals surface area (Å²) in [6.45, 7) is 13.4. The van der Waals surface area contributed by atoms with Gasteiger partial charge in [0.05, 0.1) is 25.9 Å². The van der Waals surface area contributed by atoms with Gasteiger partial charge >= 0.3 is 0 Å². The SMILES string of the molecule is CCNC(=NCCNC(C)(C)C)N1CCOC(c2cnn(C)c2)C1. The molecule has 1 fully saturated rings. The molecule has 7 nitrogen and oxygen atoms in total. The number of aromatic nitrogens is 2. The van der Waals surface area contributed by atoms with Gasteiger partial charge in [0.2, 0.25) is 0 Å². The fourth-order valence-corrected chi connectivity index (χ4v) is 2.67. The van der Waals surface area contributed by atoms with Gasteiger partial charge in [0, 0.05) is 44.0 Å². The molecule has 0 radical (unpaired) electrons. The van der Waals surface area contributed by atoms with Crippen LogP contribution in [0.3, 0.4) is 0 Å². The molecule has 24 heavy (non-hydrogen) atoms. The van der Waals surface area contributed by atoms with Gasteiger partial charge in [-0.25, -0.2) is 0 Å². The highest BCUT2D eigenvalue weighted by molar-refractivity contribution is 5.80. The standard InChI is InChI=1S/C17H32N6O/c1-6-18-16(19-7-8-20-17(2,3)4)23-9-10-24-15(13-23)14-11-21-22(5)12-14/h11-12,15,20H,6-10,13H2,1-5H3,(H,18,19). The zero-order valence-corrected chi connectivity index (χ0v) is 15.7. The number of hydrogen-bond acceptors (Lipinski definition) is 4. The first-order valence-corrected chi connectivity index (χ1v) is 8.77. The van der Waals surface area contributed by atoms with Gasteiger partial charge in [-0.2, -0.15) is 5.10 Å². The van der Waals surface area contributed by atoms with Crippen molar-refractivity contribution < 1.29 is 4.74 Å². The Labute approximate surface area is 145 Å². The van der Waals surface area contributed by atoms with Crippen LogP contribution in [0.1, 0.15) is 39.4 Å². The molecule has 1 aromatic heterocycles. The van der Waals surface area contributed by atoms with Crippen molar-refractivity contribution in [3.05, 3.63) is 18.0 Å². The maximum Gasteiger partial charge on any atom is 0.194 e. The molecule has 1 aromatic rings. The lowest BCUT2D eigenvalue weighted by atomic mass is 10.1. The van der Waals surface area contributed by atoms with Crippen LogP contribution in [0.15, 0.2) is 17.4 Å². The summed E-state index contributed by atoms with van der Waals surface area (Å²) in [5.74, 6) is 0.963. The Kier molecular flexibility index (Phi) is 6.62. The lowest BCUT2D eigenvalue weighted by molar-refractivity contribution is -0.00803. The van der Waals surface area contributed by atoms with Gasteiger partial charge in [-0.1, -0.05) is 0 Å². The van der Waals surface area contributed by atoms with Crippen molar-refractivity contribution in [1.29, 1.82) is 0 Å². The number of nitrogens with one attached hydrogen (secondary N) is 2. The van der Waals surface area contributed by atoms with Gasteiger partial charge in [0.1, 0.15) is 6.10 Å². The van der Waals surface area contributed by atoms with E-state index >= 15 is 0 Å². The fourth-order valence-electron chi connectivity index (χ4n) is 2.67. The number of hydrogen-bond donors (Lipinski definition) is 2. The Morgan fingerprint density at radius 2 is 2.25 bits per heavy atom. The molecule has 2 N–H and O–H groups in total. The van der Waals surface area contributed by atoms with Gasteiger partial charge < -0.3 is 20.3 Å². The fraction of sp³-hybridized carbons (Fsp3) is 0.765. The van der Waals surface area contributed by atoms with Gasteiger partial charge in [-0.05, 0) is 27.7 Å². The first kappa shape index (κ1) is 18.7. The van der Waals surface area contributed by atoms with Crippen molar-refractivity contribution in [1.82, 2.24) is 25.3 Å². The molecule has 2 rings (SSSR count). The van der Waals surface area contributed by atoms with Gasteiger partial charge in [0.25, 0.3) is 0 Å². The van der Waals surface area contributed by atoms with Crippen LogP contribution in [0, 0.1) is 0 Å². The number of morpholine rings is 1. The summed E-state index contributed by atoms with van der Waals surface area (Å²) in [5.41, 5.74) is 1.24. The second-order valence-corrected chi connectivity index (χ2v) is 7.17. The van der Waals surface area contributed by atoms with Crippen molar-refractivity contribution in [3.63, 3.8) is 0 Å². The Bertz CT molecular complexity index is 533. The molecule has 0 saturated carbocycles. The Hall–Kier alpha value is -1.60. The number of nitrogens with zero attached hydrogens (tertiary/aromatic N) is 4. The van der Waals surface area contributed by atoms with Crippen LogP contribution in [-0.4, -0.2) is 65.5 Å². The third-order valence-corrected chi connectivity index (χ3v) is 3.83. The summed E-state index contributed by atoms with van der Waals surface area (Å²) in [7, 11) is 1.93. The second-order valence-electron chi connectivity index (χ2n) is 7.17. The molecule has 1 atom stereocenters. The summed E-state index contributed by atoms with van der Waals surface area (Å²) >= 11 is 0. The summed E-state index contributed by atoms with van der Waals surface area (Å²) in [5, 5.41) is 11.1. The third-order valence-electron chi connectivity index (χ3n) is 3.83. The Balaban J connectivity index is 1.96. The molecule has 1 aliphatic rings. The van der Waals surface area contributed by atoms with Crippen LogP contribution in [0.2, 0.25) is 0 Å². The molecule has 0 spiro atoms. The topological polar surface area (TPSA) is 66.7 Å². The van der Waals surface area contributed by atoms with Crippen molar-refractivity contribution in [2.45, 2.75) is 39.3 Å². The van der Waals surface area contributed by atoms with Crippen LogP contribution < -0.4 is 10.6 Å². The van der Waals surface area contributed by atoms with Gasteiger partial charge in [-0.3, -0.25) is 9.67 Å². The highest BCUT2D eigenvalue weighted by Crippen LogP contribution is 2.21. The number of aliphatic imine (C=N–C) groups is 1. The Morgan fingerprint density at radius 3 is 2.88 bits per heavy atom. The van der Waals surface area contributed by atoms with E-state index in [1.165, 1.54) is 0 Å². The average molecular weight is 336 g/mol. The van der Waals surface area contributed by atoms with Crippen LogP contribution in [0.4, 0.5) is 0 Å². The second kappa shape index (κ2) is 8.48. The molecule has 1 saturated heterocycles. The van der Waals surface area contributed by atoms with E-state index in [2.05, 4.69) is 48.3 Å². The van der Waals surface area contributed by atoms with Crippen molar-refractivity contribution in [2.75, 3.05) is 39.3 Å². The normalized spacial score (nSPS) is 19.6. The average Bonchev–Trinajstić information content (AvgIpc) is 2.96. The predicted molar refractivity (Wildman–Crippen MR) is 97.2 cm³/mol. The zero-order valence-electron chi connectivity index (χ0n) is 15.7. The minimum absolute atomic E-state index is 0.0454. The molecule has 7 heteroatoms. The Morgan fingerprint density at radius 1 is 1.46 bits per heavy atom. The molecule has 0 bridgehead atoms. The van der Waals surface area contributed by atoms with E-state index in [0.717, 1.165) is 44.2 Å². The lowest BCUT2D eigenvalue weighted by Crippen LogP contribution is -2.48. The number of aryl methyl sites for hydroxylation is 1. The molecule has 0 aromatic carbocycles. The van der Waals surface area contributed by atoms with Crippen molar-refractivity contribution in [3.8, 4) is 0 Å². The molecule has 1 aliphatic heterocycles. The van der Waals surface area contributed by atoms with Crippen molar-refractivity contribution in [2.24, 2.45) is 12.0 Å².